The summed E-state index contributed by atoms with van der Waals surface area (Å²) < 4.78 is 0. The summed E-state index contributed by atoms with van der Waals surface area (Å²) in [6.07, 6.45) is 3.55. The molecule has 1 atom stereocenters. The van der Waals surface area contributed by atoms with Crippen LogP contribution in [0.15, 0.2) is 23.3 Å². The lowest BCUT2D eigenvalue weighted by Gasteiger charge is -2.17. The first-order valence-electron chi connectivity index (χ1n) is 7.77. The summed E-state index contributed by atoms with van der Waals surface area (Å²) in [7, 11) is 0. The predicted molar refractivity (Wildman–Crippen MR) is 87.5 cm³/mol. The van der Waals surface area contributed by atoms with Crippen LogP contribution in [0.25, 0.3) is 0 Å². The Hall–Kier alpha value is -1.68. The zero-order valence-electron chi connectivity index (χ0n) is 13.2. The van der Waals surface area contributed by atoms with Gasteiger partial charge in [0.1, 0.15) is 0 Å². The summed E-state index contributed by atoms with van der Waals surface area (Å²) in [6.45, 7) is 6.82. The van der Waals surface area contributed by atoms with Crippen LogP contribution < -0.4 is 10.7 Å². The highest BCUT2D eigenvalue weighted by atomic mass is 16.2. The van der Waals surface area contributed by atoms with Crippen LogP contribution in [0.1, 0.15) is 43.7 Å². The summed E-state index contributed by atoms with van der Waals surface area (Å²) in [5.41, 5.74) is 9.78. The zero-order chi connectivity index (χ0) is 15.4. The summed E-state index contributed by atoms with van der Waals surface area (Å²) in [5, 5.41) is 6.21. The van der Waals surface area contributed by atoms with Crippen LogP contribution in [0.5, 0.6) is 0 Å². The number of carbonyl (C=O) groups excluding carboxylic acids is 1. The van der Waals surface area contributed by atoms with E-state index in [9.17, 15) is 4.79 Å². The number of hydrogen-bond acceptors (Lipinski definition) is 3. The molecule has 4 heteroatoms. The van der Waals surface area contributed by atoms with E-state index in [1.807, 2.05) is 19.1 Å². The number of nitrogens with zero attached hydrogens (tertiary/aromatic N) is 2. The normalized spacial score (nSPS) is 18.3. The minimum Gasteiger partial charge on any atom is -0.330 e. The molecule has 2 N–H and O–H groups in total. The summed E-state index contributed by atoms with van der Waals surface area (Å²) in [6, 6.07) is 6.10. The Morgan fingerprint density at radius 3 is 2.71 bits per heavy atom. The summed E-state index contributed by atoms with van der Waals surface area (Å²) in [4.78, 5) is 12.7. The van der Waals surface area contributed by atoms with Crippen molar-refractivity contribution in [3.8, 4) is 0 Å². The minimum atomic E-state index is -0.0887. The molecule has 0 saturated carbocycles. The van der Waals surface area contributed by atoms with Gasteiger partial charge in [-0.25, -0.2) is 0 Å². The third-order valence-corrected chi connectivity index (χ3v) is 3.92. The van der Waals surface area contributed by atoms with Gasteiger partial charge < -0.3 is 5.73 Å². The lowest BCUT2D eigenvalue weighted by Crippen LogP contribution is -2.28. The van der Waals surface area contributed by atoms with Gasteiger partial charge in [0.05, 0.1) is 17.3 Å². The Morgan fingerprint density at radius 2 is 2.10 bits per heavy atom. The van der Waals surface area contributed by atoms with Gasteiger partial charge in [0.2, 0.25) is 0 Å². The van der Waals surface area contributed by atoms with Crippen molar-refractivity contribution in [1.82, 2.24) is 0 Å². The van der Waals surface area contributed by atoms with Crippen molar-refractivity contribution in [2.75, 3.05) is 11.6 Å². The molecule has 1 aromatic carbocycles. The maximum Gasteiger partial charge on any atom is 0.256 e. The van der Waals surface area contributed by atoms with Gasteiger partial charge in [-0.05, 0) is 51.3 Å². The Balaban J connectivity index is 2.29. The second kappa shape index (κ2) is 6.85. The molecule has 1 aromatic rings. The van der Waals surface area contributed by atoms with E-state index < -0.39 is 0 Å². The van der Waals surface area contributed by atoms with Crippen molar-refractivity contribution in [2.45, 2.75) is 46.5 Å². The van der Waals surface area contributed by atoms with Crippen molar-refractivity contribution in [1.29, 1.82) is 0 Å². The Morgan fingerprint density at radius 1 is 1.33 bits per heavy atom. The second-order valence-electron chi connectivity index (χ2n) is 5.76. The maximum atomic E-state index is 12.7. The van der Waals surface area contributed by atoms with E-state index in [0.29, 0.717) is 6.54 Å². The molecule has 0 aliphatic carbocycles. The molecule has 1 unspecified atom stereocenters. The molecule has 0 radical (unpaired) electrons. The van der Waals surface area contributed by atoms with Crippen LogP contribution in [0.4, 0.5) is 5.69 Å². The molecule has 0 spiro atoms. The Bertz CT molecular complexity index is 551. The molecule has 114 valence electrons. The number of hydrogen-bond donors (Lipinski definition) is 1. The standard InChI is InChI=1S/C17H25N3O/c1-4-6-15-14(7-5-10-18)17(21)20(19-15)16-9-8-12(2)11-13(16)3/h8-9,11,14H,4-7,10,18H2,1-3H3. The fourth-order valence-electron chi connectivity index (χ4n) is 2.85. The van der Waals surface area contributed by atoms with Crippen molar-refractivity contribution in [3.63, 3.8) is 0 Å². The van der Waals surface area contributed by atoms with E-state index in [0.717, 1.165) is 42.6 Å². The number of nitrogens with two attached hydrogens (primary N) is 1. The zero-order valence-corrected chi connectivity index (χ0v) is 13.2. The topological polar surface area (TPSA) is 58.7 Å². The van der Waals surface area contributed by atoms with Gasteiger partial charge >= 0.3 is 0 Å². The third-order valence-electron chi connectivity index (χ3n) is 3.92. The lowest BCUT2D eigenvalue weighted by atomic mass is 9.94. The molecule has 0 aromatic heterocycles. The van der Waals surface area contributed by atoms with Crippen LogP contribution in [-0.4, -0.2) is 18.2 Å². The van der Waals surface area contributed by atoms with E-state index in [1.165, 1.54) is 5.56 Å². The van der Waals surface area contributed by atoms with Gasteiger partial charge in [-0.1, -0.05) is 31.0 Å². The number of rotatable bonds is 6. The van der Waals surface area contributed by atoms with Crippen molar-refractivity contribution >= 4 is 17.3 Å². The Labute approximate surface area is 127 Å². The minimum absolute atomic E-state index is 0.0887. The molecule has 1 aliphatic heterocycles. The Kier molecular flexibility index (Phi) is 5.12. The highest BCUT2D eigenvalue weighted by Crippen LogP contribution is 2.30. The second-order valence-corrected chi connectivity index (χ2v) is 5.76. The van der Waals surface area contributed by atoms with Gasteiger partial charge in [-0.3, -0.25) is 4.79 Å². The molecule has 21 heavy (non-hydrogen) atoms. The number of amides is 1. The first-order valence-corrected chi connectivity index (χ1v) is 7.77. The van der Waals surface area contributed by atoms with Crippen LogP contribution in [-0.2, 0) is 4.79 Å². The monoisotopic (exact) mass is 287 g/mol. The fraction of sp³-hybridized carbons (Fsp3) is 0.529. The van der Waals surface area contributed by atoms with Crippen molar-refractivity contribution in [2.24, 2.45) is 16.8 Å². The van der Waals surface area contributed by atoms with E-state index in [1.54, 1.807) is 5.01 Å². The van der Waals surface area contributed by atoms with Gasteiger partial charge in [-0.2, -0.15) is 10.1 Å². The van der Waals surface area contributed by atoms with E-state index in [-0.39, 0.29) is 11.8 Å². The molecule has 0 bridgehead atoms. The van der Waals surface area contributed by atoms with Crippen molar-refractivity contribution < 1.29 is 4.79 Å². The quantitative estimate of drug-likeness (QED) is 0.873. The smallest absolute Gasteiger partial charge is 0.256 e. The fourth-order valence-corrected chi connectivity index (χ4v) is 2.85. The molecular weight excluding hydrogens is 262 g/mol. The molecule has 1 aliphatic rings. The van der Waals surface area contributed by atoms with Gasteiger partial charge in [0.15, 0.2) is 0 Å². The largest absolute Gasteiger partial charge is 0.330 e. The van der Waals surface area contributed by atoms with Crippen LogP contribution in [0.2, 0.25) is 0 Å². The molecule has 2 rings (SSSR count). The van der Waals surface area contributed by atoms with Crippen LogP contribution >= 0.6 is 0 Å². The molecule has 1 amide bonds. The SMILES string of the molecule is CCCC1=NN(c2ccc(C)cc2C)C(=O)C1CCCN. The number of carbonyl (C=O) groups is 1. The molecule has 4 nitrogen and oxygen atoms in total. The van der Waals surface area contributed by atoms with Crippen LogP contribution in [0.3, 0.4) is 0 Å². The number of hydrazone groups is 1. The van der Waals surface area contributed by atoms with E-state index in [4.69, 9.17) is 5.73 Å². The predicted octanol–water partition coefficient (Wildman–Crippen LogP) is 3.16. The van der Waals surface area contributed by atoms with Crippen molar-refractivity contribution in [3.05, 3.63) is 29.3 Å². The first kappa shape index (κ1) is 15.7. The van der Waals surface area contributed by atoms with Gasteiger partial charge in [0, 0.05) is 0 Å². The average molecular weight is 287 g/mol. The van der Waals surface area contributed by atoms with E-state index >= 15 is 0 Å². The molecule has 0 saturated heterocycles. The van der Waals surface area contributed by atoms with Gasteiger partial charge in [0.25, 0.3) is 5.91 Å². The lowest BCUT2D eigenvalue weighted by molar-refractivity contribution is -0.119. The average Bonchev–Trinajstić information content (AvgIpc) is 2.74. The maximum absolute atomic E-state index is 12.7. The summed E-state index contributed by atoms with van der Waals surface area (Å²) in [5.74, 6) is 0.00746. The first-order chi connectivity index (χ1) is 10.1. The summed E-state index contributed by atoms with van der Waals surface area (Å²) >= 11 is 0. The molecule has 1 heterocycles. The van der Waals surface area contributed by atoms with Gasteiger partial charge in [-0.15, -0.1) is 0 Å². The number of benzene rings is 1. The van der Waals surface area contributed by atoms with Crippen LogP contribution in [0, 0.1) is 19.8 Å². The number of anilines is 1. The number of aryl methyl sites for hydroxylation is 2. The molecular formula is C17H25N3O. The highest BCUT2D eigenvalue weighted by molar-refractivity contribution is 6.15. The highest BCUT2D eigenvalue weighted by Gasteiger charge is 2.35. The van der Waals surface area contributed by atoms with E-state index in [2.05, 4.69) is 25.0 Å². The third kappa shape index (κ3) is 3.32. The molecule has 0 fully saturated rings.